The third-order valence-electron chi connectivity index (χ3n) is 5.52. The van der Waals surface area contributed by atoms with Crippen molar-refractivity contribution in [1.29, 1.82) is 0 Å². The molecule has 1 aliphatic heterocycles. The second-order valence-corrected chi connectivity index (χ2v) is 8.39. The molecule has 3 heterocycles. The number of carbonyl (C=O) groups is 1. The predicted octanol–water partition coefficient (Wildman–Crippen LogP) is 3.31. The summed E-state index contributed by atoms with van der Waals surface area (Å²) in [5.74, 6) is 0.902. The SMILES string of the molecule is O=C(CCc1nc2ccccc2c(=O)n1C1CC1)N1CCc2sccc2C1. The molecule has 1 aliphatic carbocycles. The molecular weight excluding hydrogens is 358 g/mol. The Bertz CT molecular complexity index is 1080. The number of amides is 1. The van der Waals surface area contributed by atoms with E-state index in [9.17, 15) is 9.59 Å². The summed E-state index contributed by atoms with van der Waals surface area (Å²) in [4.78, 5) is 33.8. The molecule has 3 aromatic rings. The molecule has 0 atom stereocenters. The van der Waals surface area contributed by atoms with Crippen LogP contribution in [-0.2, 0) is 24.2 Å². The second kappa shape index (κ2) is 6.60. The highest BCUT2D eigenvalue weighted by molar-refractivity contribution is 7.10. The van der Waals surface area contributed by atoms with Gasteiger partial charge in [0.1, 0.15) is 5.82 Å². The first-order valence-electron chi connectivity index (χ1n) is 9.54. The molecular formula is C21H21N3O2S. The number of para-hydroxylation sites is 1. The van der Waals surface area contributed by atoms with E-state index in [-0.39, 0.29) is 17.5 Å². The molecule has 5 rings (SSSR count). The Kier molecular flexibility index (Phi) is 4.08. The normalized spacial score (nSPS) is 16.5. The Labute approximate surface area is 161 Å². The van der Waals surface area contributed by atoms with Crippen molar-refractivity contribution < 1.29 is 4.79 Å². The molecule has 0 N–H and O–H groups in total. The maximum absolute atomic E-state index is 12.9. The number of hydrogen-bond acceptors (Lipinski definition) is 4. The van der Waals surface area contributed by atoms with Crippen LogP contribution in [0.15, 0.2) is 40.5 Å². The number of fused-ring (bicyclic) bond motifs is 2. The van der Waals surface area contributed by atoms with E-state index in [4.69, 9.17) is 4.98 Å². The van der Waals surface area contributed by atoms with Gasteiger partial charge in [-0.25, -0.2) is 4.98 Å². The predicted molar refractivity (Wildman–Crippen MR) is 106 cm³/mol. The van der Waals surface area contributed by atoms with Gasteiger partial charge in [0.15, 0.2) is 0 Å². The van der Waals surface area contributed by atoms with Gasteiger partial charge < -0.3 is 4.90 Å². The Hall–Kier alpha value is -2.47. The minimum absolute atomic E-state index is 0.0337. The van der Waals surface area contributed by atoms with Gasteiger partial charge in [-0.1, -0.05) is 12.1 Å². The van der Waals surface area contributed by atoms with Crippen molar-refractivity contribution >= 4 is 28.1 Å². The molecule has 138 valence electrons. The number of carbonyl (C=O) groups excluding carboxylic acids is 1. The zero-order valence-corrected chi connectivity index (χ0v) is 15.9. The highest BCUT2D eigenvalue weighted by Crippen LogP contribution is 2.35. The van der Waals surface area contributed by atoms with E-state index < -0.39 is 0 Å². The fourth-order valence-corrected chi connectivity index (χ4v) is 4.81. The van der Waals surface area contributed by atoms with E-state index in [1.807, 2.05) is 33.7 Å². The van der Waals surface area contributed by atoms with Crippen molar-refractivity contribution in [3.63, 3.8) is 0 Å². The summed E-state index contributed by atoms with van der Waals surface area (Å²) < 4.78 is 1.84. The minimum atomic E-state index is 0.0337. The van der Waals surface area contributed by atoms with Crippen LogP contribution >= 0.6 is 11.3 Å². The van der Waals surface area contributed by atoms with Crippen LogP contribution < -0.4 is 5.56 Å². The van der Waals surface area contributed by atoms with Crippen LogP contribution in [0.1, 0.15) is 41.6 Å². The first kappa shape index (κ1) is 16.7. The number of aromatic nitrogens is 2. The molecule has 1 saturated carbocycles. The quantitative estimate of drug-likeness (QED) is 0.699. The number of thiophene rings is 1. The van der Waals surface area contributed by atoms with E-state index in [1.54, 1.807) is 11.3 Å². The summed E-state index contributed by atoms with van der Waals surface area (Å²) in [6, 6.07) is 9.86. The molecule has 0 bridgehead atoms. The molecule has 5 nitrogen and oxygen atoms in total. The molecule has 6 heteroatoms. The van der Waals surface area contributed by atoms with Crippen molar-refractivity contribution in [3.8, 4) is 0 Å². The Morgan fingerprint density at radius 1 is 1.22 bits per heavy atom. The fraction of sp³-hybridized carbons (Fsp3) is 0.381. The molecule has 0 spiro atoms. The third-order valence-corrected chi connectivity index (χ3v) is 6.54. The van der Waals surface area contributed by atoms with Crippen molar-refractivity contribution in [3.05, 3.63) is 62.3 Å². The molecule has 1 fully saturated rings. The smallest absolute Gasteiger partial charge is 0.261 e. The maximum atomic E-state index is 12.9. The molecule has 2 aromatic heterocycles. The first-order valence-corrected chi connectivity index (χ1v) is 10.4. The van der Waals surface area contributed by atoms with E-state index >= 15 is 0 Å². The van der Waals surface area contributed by atoms with Gasteiger partial charge in [-0.2, -0.15) is 0 Å². The van der Waals surface area contributed by atoms with E-state index in [0.29, 0.717) is 24.8 Å². The topological polar surface area (TPSA) is 55.2 Å². The molecule has 0 radical (unpaired) electrons. The van der Waals surface area contributed by atoms with Crippen LogP contribution in [0.3, 0.4) is 0 Å². The lowest BCUT2D eigenvalue weighted by Gasteiger charge is -2.27. The number of benzene rings is 1. The average molecular weight is 379 g/mol. The van der Waals surface area contributed by atoms with E-state index in [0.717, 1.165) is 37.1 Å². The second-order valence-electron chi connectivity index (χ2n) is 7.39. The van der Waals surface area contributed by atoms with Gasteiger partial charge in [0.2, 0.25) is 5.91 Å². The summed E-state index contributed by atoms with van der Waals surface area (Å²) in [5, 5.41) is 2.77. The van der Waals surface area contributed by atoms with E-state index in [2.05, 4.69) is 11.4 Å². The van der Waals surface area contributed by atoms with Crippen LogP contribution in [0.4, 0.5) is 0 Å². The van der Waals surface area contributed by atoms with Crippen LogP contribution in [0.2, 0.25) is 0 Å². The van der Waals surface area contributed by atoms with Gasteiger partial charge in [-0.3, -0.25) is 14.2 Å². The fourth-order valence-electron chi connectivity index (χ4n) is 3.92. The van der Waals surface area contributed by atoms with Crippen LogP contribution in [0.5, 0.6) is 0 Å². The maximum Gasteiger partial charge on any atom is 0.261 e. The standard InChI is InChI=1S/C21H21N3O2S/c25-20(23-11-9-18-14(13-23)10-12-27-18)8-7-19-22-17-4-2-1-3-16(17)21(26)24(19)15-5-6-15/h1-4,10,12,15H,5-9,11,13H2. The number of nitrogens with zero attached hydrogens (tertiary/aromatic N) is 3. The average Bonchev–Trinajstić information content (AvgIpc) is 3.41. The van der Waals surface area contributed by atoms with Gasteiger partial charge in [0, 0.05) is 36.9 Å². The molecule has 0 saturated heterocycles. The van der Waals surface area contributed by atoms with Gasteiger partial charge in [0.25, 0.3) is 5.56 Å². The molecule has 1 aromatic carbocycles. The van der Waals surface area contributed by atoms with Crippen molar-refractivity contribution in [2.24, 2.45) is 0 Å². The van der Waals surface area contributed by atoms with Crippen molar-refractivity contribution in [1.82, 2.24) is 14.5 Å². The lowest BCUT2D eigenvalue weighted by molar-refractivity contribution is -0.132. The Morgan fingerprint density at radius 3 is 2.93 bits per heavy atom. The van der Waals surface area contributed by atoms with Crippen LogP contribution in [0.25, 0.3) is 10.9 Å². The first-order chi connectivity index (χ1) is 13.2. The summed E-state index contributed by atoms with van der Waals surface area (Å²) in [5.41, 5.74) is 2.03. The van der Waals surface area contributed by atoms with Gasteiger partial charge >= 0.3 is 0 Å². The van der Waals surface area contributed by atoms with Crippen LogP contribution in [-0.4, -0.2) is 26.9 Å². The molecule has 2 aliphatic rings. The van der Waals surface area contributed by atoms with Gasteiger partial charge in [-0.15, -0.1) is 11.3 Å². The highest BCUT2D eigenvalue weighted by atomic mass is 32.1. The van der Waals surface area contributed by atoms with Crippen LogP contribution in [0, 0.1) is 0 Å². The Morgan fingerprint density at radius 2 is 2.07 bits per heavy atom. The molecule has 27 heavy (non-hydrogen) atoms. The number of aryl methyl sites for hydroxylation is 1. The summed E-state index contributed by atoms with van der Waals surface area (Å²) in [7, 11) is 0. The van der Waals surface area contributed by atoms with Crippen molar-refractivity contribution in [2.45, 2.75) is 44.7 Å². The minimum Gasteiger partial charge on any atom is -0.338 e. The highest BCUT2D eigenvalue weighted by Gasteiger charge is 2.29. The summed E-state index contributed by atoms with van der Waals surface area (Å²) in [6.45, 7) is 1.49. The zero-order valence-electron chi connectivity index (χ0n) is 15.1. The lowest BCUT2D eigenvalue weighted by Crippen LogP contribution is -2.36. The number of hydrogen-bond donors (Lipinski definition) is 0. The lowest BCUT2D eigenvalue weighted by atomic mass is 10.1. The molecule has 1 amide bonds. The van der Waals surface area contributed by atoms with Gasteiger partial charge in [-0.05, 0) is 48.4 Å². The largest absolute Gasteiger partial charge is 0.338 e. The number of rotatable bonds is 4. The monoisotopic (exact) mass is 379 g/mol. The Balaban J connectivity index is 1.38. The van der Waals surface area contributed by atoms with E-state index in [1.165, 1.54) is 10.4 Å². The summed E-state index contributed by atoms with van der Waals surface area (Å²) >= 11 is 1.78. The zero-order chi connectivity index (χ0) is 18.4. The van der Waals surface area contributed by atoms with Crippen molar-refractivity contribution in [2.75, 3.05) is 6.54 Å². The molecule has 0 unspecified atom stereocenters. The third kappa shape index (κ3) is 3.08. The van der Waals surface area contributed by atoms with Gasteiger partial charge in [0.05, 0.1) is 10.9 Å². The summed E-state index contributed by atoms with van der Waals surface area (Å²) in [6.07, 6.45) is 3.90.